The van der Waals surface area contributed by atoms with E-state index in [2.05, 4.69) is 38.9 Å². The second-order valence-electron chi connectivity index (χ2n) is 9.09. The molecule has 2 fully saturated rings. The summed E-state index contributed by atoms with van der Waals surface area (Å²) < 4.78 is 0. The number of piperazine rings is 1. The minimum Gasteiger partial charge on any atom is -0.341 e. The smallest absolute Gasteiger partial charge is 0.254 e. The lowest BCUT2D eigenvalue weighted by Crippen LogP contribution is -2.49. The van der Waals surface area contributed by atoms with Crippen LogP contribution in [-0.2, 0) is 0 Å². The molecular weight excluding hydrogens is 410 g/mol. The van der Waals surface area contributed by atoms with Gasteiger partial charge in [0.1, 0.15) is 0 Å². The number of benzene rings is 2. The normalized spacial score (nSPS) is 19.5. The van der Waals surface area contributed by atoms with E-state index in [0.29, 0.717) is 12.1 Å². The van der Waals surface area contributed by atoms with Crippen molar-refractivity contribution in [2.45, 2.75) is 25.3 Å². The van der Waals surface area contributed by atoms with Crippen molar-refractivity contribution in [3.8, 4) is 11.1 Å². The maximum absolute atomic E-state index is 13.6. The van der Waals surface area contributed by atoms with Crippen LogP contribution in [0.5, 0.6) is 0 Å². The van der Waals surface area contributed by atoms with Crippen molar-refractivity contribution in [2.24, 2.45) is 0 Å². The zero-order chi connectivity index (χ0) is 22.6. The summed E-state index contributed by atoms with van der Waals surface area (Å²) in [6.07, 6.45) is 7.44. The Morgan fingerprint density at radius 2 is 1.61 bits per heavy atom. The SMILES string of the molecule is CN1CCN(C(=O)c2cccc(-c3cnc(N4CCCCC4)nc3)c2)[C@H](c2ccccc2)C1. The standard InChI is InChI=1S/C27H31N5O/c1-30-15-16-32(25(20-30)21-9-4-2-5-10-21)26(33)23-12-8-11-22(17-23)24-18-28-27(29-19-24)31-13-6-3-7-14-31/h2,4-5,8-12,17-19,25H,3,6-7,13-16,20H2,1H3/t25-/m0/s1. The molecule has 2 aliphatic heterocycles. The molecule has 1 amide bonds. The molecule has 3 aromatic rings. The Labute approximate surface area is 195 Å². The van der Waals surface area contributed by atoms with Crippen molar-refractivity contribution in [1.29, 1.82) is 0 Å². The van der Waals surface area contributed by atoms with Crippen molar-refractivity contribution < 1.29 is 4.79 Å². The molecule has 0 aliphatic carbocycles. The second-order valence-corrected chi connectivity index (χ2v) is 9.09. The fraction of sp³-hybridized carbons (Fsp3) is 0.370. The van der Waals surface area contributed by atoms with E-state index in [4.69, 9.17) is 0 Å². The van der Waals surface area contributed by atoms with E-state index in [1.165, 1.54) is 24.8 Å². The van der Waals surface area contributed by atoms with Crippen LogP contribution in [0.15, 0.2) is 67.0 Å². The molecule has 0 spiro atoms. The summed E-state index contributed by atoms with van der Waals surface area (Å²) in [6.45, 7) is 4.47. The Morgan fingerprint density at radius 1 is 0.848 bits per heavy atom. The molecule has 2 saturated heterocycles. The fourth-order valence-electron chi connectivity index (χ4n) is 4.85. The second kappa shape index (κ2) is 9.71. The molecule has 6 heteroatoms. The first-order valence-corrected chi connectivity index (χ1v) is 11.9. The molecule has 0 radical (unpaired) electrons. The van der Waals surface area contributed by atoms with Gasteiger partial charge in [-0.1, -0.05) is 42.5 Å². The van der Waals surface area contributed by atoms with Gasteiger partial charge in [-0.3, -0.25) is 4.79 Å². The van der Waals surface area contributed by atoms with E-state index in [1.54, 1.807) is 0 Å². The van der Waals surface area contributed by atoms with Gasteiger partial charge in [-0.05, 0) is 49.6 Å². The highest BCUT2D eigenvalue weighted by Crippen LogP contribution is 2.28. The molecule has 5 rings (SSSR count). The lowest BCUT2D eigenvalue weighted by molar-refractivity contribution is 0.0498. The molecule has 6 nitrogen and oxygen atoms in total. The summed E-state index contributed by atoms with van der Waals surface area (Å²) in [5.74, 6) is 0.874. The first-order chi connectivity index (χ1) is 16.2. The van der Waals surface area contributed by atoms with Gasteiger partial charge in [-0.25, -0.2) is 9.97 Å². The Morgan fingerprint density at radius 3 is 2.36 bits per heavy atom. The minimum absolute atomic E-state index is 0.0493. The summed E-state index contributed by atoms with van der Waals surface area (Å²) >= 11 is 0. The van der Waals surface area contributed by atoms with Gasteiger partial charge in [-0.2, -0.15) is 0 Å². The molecule has 0 saturated carbocycles. The molecule has 1 atom stereocenters. The van der Waals surface area contributed by atoms with Crippen LogP contribution < -0.4 is 4.90 Å². The van der Waals surface area contributed by atoms with Crippen LogP contribution in [0.4, 0.5) is 5.95 Å². The predicted molar refractivity (Wildman–Crippen MR) is 131 cm³/mol. The molecule has 0 unspecified atom stereocenters. The zero-order valence-corrected chi connectivity index (χ0v) is 19.2. The number of carbonyl (C=O) groups is 1. The quantitative estimate of drug-likeness (QED) is 0.605. The Balaban J connectivity index is 1.37. The molecular formula is C27H31N5O. The van der Waals surface area contributed by atoms with Gasteiger partial charge >= 0.3 is 0 Å². The third-order valence-corrected chi connectivity index (χ3v) is 6.75. The average molecular weight is 442 g/mol. The maximum Gasteiger partial charge on any atom is 0.254 e. The van der Waals surface area contributed by atoms with Crippen molar-refractivity contribution in [1.82, 2.24) is 19.8 Å². The number of piperidine rings is 1. The number of anilines is 1. The number of likely N-dealkylation sites (N-methyl/N-ethyl adjacent to an activating group) is 1. The molecule has 33 heavy (non-hydrogen) atoms. The van der Waals surface area contributed by atoms with Crippen LogP contribution in [0.1, 0.15) is 41.2 Å². The van der Waals surface area contributed by atoms with Gasteiger partial charge in [0.05, 0.1) is 6.04 Å². The Bertz CT molecular complexity index is 1080. The van der Waals surface area contributed by atoms with Crippen molar-refractivity contribution in [3.05, 3.63) is 78.1 Å². The molecule has 3 heterocycles. The van der Waals surface area contributed by atoms with Gasteiger partial charge < -0.3 is 14.7 Å². The molecule has 2 aliphatic rings. The Kier molecular flexibility index (Phi) is 6.35. The van der Waals surface area contributed by atoms with Crippen LogP contribution >= 0.6 is 0 Å². The number of nitrogens with zero attached hydrogens (tertiary/aromatic N) is 5. The van der Waals surface area contributed by atoms with Crippen molar-refractivity contribution in [2.75, 3.05) is 44.7 Å². The number of hydrogen-bond acceptors (Lipinski definition) is 5. The van der Waals surface area contributed by atoms with Crippen LogP contribution in [0.2, 0.25) is 0 Å². The van der Waals surface area contributed by atoms with E-state index in [0.717, 1.165) is 43.3 Å². The first-order valence-electron chi connectivity index (χ1n) is 11.9. The van der Waals surface area contributed by atoms with Crippen LogP contribution in [0, 0.1) is 0 Å². The lowest BCUT2D eigenvalue weighted by atomic mass is 10.00. The highest BCUT2D eigenvalue weighted by Gasteiger charge is 2.30. The summed E-state index contributed by atoms with van der Waals surface area (Å²) in [4.78, 5) is 29.4. The Hall–Kier alpha value is -3.25. The topological polar surface area (TPSA) is 52.6 Å². The molecule has 0 N–H and O–H groups in total. The first kappa shape index (κ1) is 21.6. The number of aromatic nitrogens is 2. The van der Waals surface area contributed by atoms with E-state index < -0.39 is 0 Å². The molecule has 170 valence electrons. The summed E-state index contributed by atoms with van der Waals surface area (Å²) in [5, 5.41) is 0. The third-order valence-electron chi connectivity index (χ3n) is 6.75. The van der Waals surface area contributed by atoms with Crippen LogP contribution in [0.25, 0.3) is 11.1 Å². The van der Waals surface area contributed by atoms with Crippen LogP contribution in [0.3, 0.4) is 0 Å². The third kappa shape index (κ3) is 4.76. The van der Waals surface area contributed by atoms with E-state index in [-0.39, 0.29) is 11.9 Å². The fourth-order valence-corrected chi connectivity index (χ4v) is 4.85. The minimum atomic E-state index is 0.0493. The average Bonchev–Trinajstić information content (AvgIpc) is 2.89. The number of hydrogen-bond donors (Lipinski definition) is 0. The van der Waals surface area contributed by atoms with Crippen molar-refractivity contribution in [3.63, 3.8) is 0 Å². The number of carbonyl (C=O) groups excluding carboxylic acids is 1. The van der Waals surface area contributed by atoms with Gasteiger partial charge in [0.15, 0.2) is 0 Å². The predicted octanol–water partition coefficient (Wildman–Crippen LogP) is 4.26. The summed E-state index contributed by atoms with van der Waals surface area (Å²) in [5.41, 5.74) is 3.79. The summed E-state index contributed by atoms with van der Waals surface area (Å²) in [6, 6.07) is 18.2. The number of rotatable bonds is 4. The van der Waals surface area contributed by atoms with E-state index in [1.807, 2.05) is 59.8 Å². The largest absolute Gasteiger partial charge is 0.341 e. The maximum atomic E-state index is 13.6. The monoisotopic (exact) mass is 441 g/mol. The molecule has 0 bridgehead atoms. The molecule has 1 aromatic heterocycles. The van der Waals surface area contributed by atoms with E-state index in [9.17, 15) is 4.79 Å². The highest BCUT2D eigenvalue weighted by atomic mass is 16.2. The van der Waals surface area contributed by atoms with E-state index >= 15 is 0 Å². The zero-order valence-electron chi connectivity index (χ0n) is 19.2. The van der Waals surface area contributed by atoms with Crippen LogP contribution in [-0.4, -0.2) is 65.4 Å². The van der Waals surface area contributed by atoms with Crippen molar-refractivity contribution >= 4 is 11.9 Å². The number of amides is 1. The highest BCUT2D eigenvalue weighted by molar-refractivity contribution is 5.95. The van der Waals surface area contributed by atoms with Gasteiger partial charge in [0.25, 0.3) is 5.91 Å². The van der Waals surface area contributed by atoms with Gasteiger partial charge in [0, 0.05) is 56.2 Å². The summed E-state index contributed by atoms with van der Waals surface area (Å²) in [7, 11) is 2.12. The van der Waals surface area contributed by atoms with Gasteiger partial charge in [0.2, 0.25) is 5.95 Å². The molecule has 2 aromatic carbocycles. The van der Waals surface area contributed by atoms with Gasteiger partial charge in [-0.15, -0.1) is 0 Å². The lowest BCUT2D eigenvalue weighted by Gasteiger charge is -2.40.